The number of hydrogen-bond donors (Lipinski definition) is 1. The van der Waals surface area contributed by atoms with Crippen LogP contribution in [-0.2, 0) is 23.0 Å². The van der Waals surface area contributed by atoms with E-state index in [1.54, 1.807) is 6.26 Å². The quantitative estimate of drug-likeness (QED) is 0.914. The average Bonchev–Trinajstić information content (AvgIpc) is 2.51. The predicted octanol–water partition coefficient (Wildman–Crippen LogP) is 3.69. The van der Waals surface area contributed by atoms with Crippen LogP contribution in [0, 0.1) is 6.92 Å². The molecule has 1 atom stereocenters. The number of nitrogens with one attached hydrogen (secondary N) is 1. The van der Waals surface area contributed by atoms with Crippen molar-refractivity contribution in [3.05, 3.63) is 64.7 Å². The third-order valence-electron chi connectivity index (χ3n) is 3.68. The molecule has 0 aliphatic heterocycles. The molecule has 22 heavy (non-hydrogen) atoms. The Balaban J connectivity index is 2.18. The van der Waals surface area contributed by atoms with Crippen LogP contribution in [0.5, 0.6) is 0 Å². The molecular weight excluding hydrogens is 294 g/mol. The van der Waals surface area contributed by atoms with Crippen LogP contribution in [0.15, 0.2) is 42.5 Å². The number of anilines is 1. The van der Waals surface area contributed by atoms with Gasteiger partial charge < -0.3 is 5.32 Å². The van der Waals surface area contributed by atoms with Gasteiger partial charge in [-0.1, -0.05) is 31.2 Å². The zero-order chi connectivity index (χ0) is 16.1. The van der Waals surface area contributed by atoms with Gasteiger partial charge in [-0.05, 0) is 48.2 Å². The van der Waals surface area contributed by atoms with Crippen LogP contribution in [0.25, 0.3) is 0 Å². The first-order valence-electron chi connectivity index (χ1n) is 7.30. The number of aryl methyl sites for hydroxylation is 1. The third-order valence-corrected chi connectivity index (χ3v) is 4.39. The molecule has 0 aliphatic rings. The highest BCUT2D eigenvalue weighted by molar-refractivity contribution is 7.83. The summed E-state index contributed by atoms with van der Waals surface area (Å²) in [6.45, 7) is 4.03. The molecule has 0 saturated heterocycles. The summed E-state index contributed by atoms with van der Waals surface area (Å²) in [5.41, 5.74) is 4.59. The number of amides is 1. The van der Waals surface area contributed by atoms with E-state index in [9.17, 15) is 9.00 Å². The van der Waals surface area contributed by atoms with Gasteiger partial charge in [0, 0.05) is 34.1 Å². The van der Waals surface area contributed by atoms with Crippen molar-refractivity contribution in [1.82, 2.24) is 0 Å². The molecule has 0 aromatic heterocycles. The number of carbonyl (C=O) groups is 1. The van der Waals surface area contributed by atoms with Crippen molar-refractivity contribution in [2.24, 2.45) is 0 Å². The Morgan fingerprint density at radius 3 is 2.41 bits per heavy atom. The van der Waals surface area contributed by atoms with Crippen LogP contribution in [-0.4, -0.2) is 16.4 Å². The zero-order valence-electron chi connectivity index (χ0n) is 13.2. The summed E-state index contributed by atoms with van der Waals surface area (Å²) in [6.07, 6.45) is 2.64. The highest BCUT2D eigenvalue weighted by Crippen LogP contribution is 2.21. The zero-order valence-corrected chi connectivity index (χ0v) is 14.0. The van der Waals surface area contributed by atoms with E-state index >= 15 is 0 Å². The lowest BCUT2D eigenvalue weighted by Gasteiger charge is -2.12. The van der Waals surface area contributed by atoms with Crippen molar-refractivity contribution in [2.45, 2.75) is 26.0 Å². The molecule has 0 fully saturated rings. The second-order valence-electron chi connectivity index (χ2n) is 5.31. The van der Waals surface area contributed by atoms with Gasteiger partial charge in [-0.2, -0.15) is 0 Å². The molecule has 0 spiro atoms. The molecule has 1 N–H and O–H groups in total. The lowest BCUT2D eigenvalue weighted by Crippen LogP contribution is -2.13. The fraction of sp³-hybridized carbons (Fsp3) is 0.278. The second kappa shape index (κ2) is 7.36. The van der Waals surface area contributed by atoms with Gasteiger partial charge >= 0.3 is 0 Å². The van der Waals surface area contributed by atoms with Gasteiger partial charge in [0.25, 0.3) is 5.91 Å². The SMILES string of the molecule is CCc1ccc(C(=O)Nc2cccc(CS(C)=O)c2C)cc1. The van der Waals surface area contributed by atoms with Gasteiger partial charge in [-0.15, -0.1) is 0 Å². The molecule has 116 valence electrons. The van der Waals surface area contributed by atoms with E-state index in [1.165, 1.54) is 5.56 Å². The summed E-state index contributed by atoms with van der Waals surface area (Å²) >= 11 is 0. The van der Waals surface area contributed by atoms with Crippen LogP contribution < -0.4 is 5.32 Å². The van der Waals surface area contributed by atoms with Crippen molar-refractivity contribution in [2.75, 3.05) is 11.6 Å². The summed E-state index contributed by atoms with van der Waals surface area (Å²) < 4.78 is 11.4. The van der Waals surface area contributed by atoms with Gasteiger partial charge in [-0.25, -0.2) is 0 Å². The topological polar surface area (TPSA) is 46.2 Å². The number of hydrogen-bond acceptors (Lipinski definition) is 2. The van der Waals surface area contributed by atoms with Gasteiger partial charge in [0.05, 0.1) is 0 Å². The van der Waals surface area contributed by atoms with E-state index in [2.05, 4.69) is 12.2 Å². The summed E-state index contributed by atoms with van der Waals surface area (Å²) in [7, 11) is -0.900. The van der Waals surface area contributed by atoms with Crippen molar-refractivity contribution in [1.29, 1.82) is 0 Å². The predicted molar refractivity (Wildman–Crippen MR) is 92.7 cm³/mol. The maximum Gasteiger partial charge on any atom is 0.255 e. The van der Waals surface area contributed by atoms with Crippen LogP contribution in [0.3, 0.4) is 0 Å². The van der Waals surface area contributed by atoms with E-state index in [0.29, 0.717) is 11.3 Å². The molecule has 2 aromatic rings. The summed E-state index contributed by atoms with van der Waals surface area (Å²) in [4.78, 5) is 12.3. The van der Waals surface area contributed by atoms with Gasteiger partial charge in [-0.3, -0.25) is 9.00 Å². The van der Waals surface area contributed by atoms with Gasteiger partial charge in [0.15, 0.2) is 0 Å². The average molecular weight is 315 g/mol. The second-order valence-corrected chi connectivity index (χ2v) is 6.75. The van der Waals surface area contributed by atoms with E-state index in [1.807, 2.05) is 49.4 Å². The molecule has 0 heterocycles. The first-order valence-corrected chi connectivity index (χ1v) is 9.02. The normalized spacial score (nSPS) is 12.0. The minimum atomic E-state index is -0.900. The fourth-order valence-electron chi connectivity index (χ4n) is 2.28. The van der Waals surface area contributed by atoms with E-state index in [-0.39, 0.29) is 5.91 Å². The molecule has 1 amide bonds. The van der Waals surface area contributed by atoms with Gasteiger partial charge in [0.2, 0.25) is 0 Å². The molecule has 0 radical (unpaired) electrons. The molecule has 2 aromatic carbocycles. The van der Waals surface area contributed by atoms with Crippen LogP contribution in [0.4, 0.5) is 5.69 Å². The lowest BCUT2D eigenvalue weighted by molar-refractivity contribution is 0.102. The molecular formula is C18H21NO2S. The molecule has 1 unspecified atom stereocenters. The molecule has 0 aliphatic carbocycles. The van der Waals surface area contributed by atoms with Crippen LogP contribution >= 0.6 is 0 Å². The number of carbonyl (C=O) groups excluding carboxylic acids is 1. The van der Waals surface area contributed by atoms with Crippen LogP contribution in [0.1, 0.15) is 34.0 Å². The molecule has 2 rings (SSSR count). The highest BCUT2D eigenvalue weighted by Gasteiger charge is 2.10. The Bertz CT molecular complexity index is 693. The third kappa shape index (κ3) is 4.04. The van der Waals surface area contributed by atoms with E-state index in [0.717, 1.165) is 23.2 Å². The first kappa shape index (κ1) is 16.4. The Morgan fingerprint density at radius 1 is 1.14 bits per heavy atom. The monoisotopic (exact) mass is 315 g/mol. The Kier molecular flexibility index (Phi) is 5.50. The van der Waals surface area contributed by atoms with E-state index < -0.39 is 10.8 Å². The Labute approximate surface area is 134 Å². The Hall–Kier alpha value is -1.94. The maximum absolute atomic E-state index is 12.3. The number of benzene rings is 2. The summed E-state index contributed by atoms with van der Waals surface area (Å²) in [5.74, 6) is 0.376. The maximum atomic E-state index is 12.3. The van der Waals surface area contributed by atoms with Crippen molar-refractivity contribution < 1.29 is 9.00 Å². The first-order chi connectivity index (χ1) is 10.5. The molecule has 3 nitrogen and oxygen atoms in total. The largest absolute Gasteiger partial charge is 0.322 e. The lowest BCUT2D eigenvalue weighted by atomic mass is 10.1. The highest BCUT2D eigenvalue weighted by atomic mass is 32.2. The van der Waals surface area contributed by atoms with Crippen molar-refractivity contribution >= 4 is 22.4 Å². The minimum absolute atomic E-state index is 0.125. The fourth-order valence-corrected chi connectivity index (χ4v) is 3.03. The number of rotatable bonds is 5. The van der Waals surface area contributed by atoms with E-state index in [4.69, 9.17) is 0 Å². The molecule has 0 bridgehead atoms. The molecule has 0 saturated carbocycles. The summed E-state index contributed by atoms with van der Waals surface area (Å²) in [6, 6.07) is 13.3. The van der Waals surface area contributed by atoms with Gasteiger partial charge in [0.1, 0.15) is 0 Å². The van der Waals surface area contributed by atoms with Crippen molar-refractivity contribution in [3.63, 3.8) is 0 Å². The van der Waals surface area contributed by atoms with Crippen LogP contribution in [0.2, 0.25) is 0 Å². The molecule has 4 heteroatoms. The Morgan fingerprint density at radius 2 is 1.82 bits per heavy atom. The van der Waals surface area contributed by atoms with Crippen molar-refractivity contribution in [3.8, 4) is 0 Å². The smallest absolute Gasteiger partial charge is 0.255 e. The standard InChI is InChI=1S/C18H21NO2S/c1-4-14-8-10-15(11-9-14)18(20)19-17-7-5-6-16(13(17)2)12-22(3)21/h5-11H,4,12H2,1-3H3,(H,19,20). The summed E-state index contributed by atoms with van der Waals surface area (Å²) in [5, 5.41) is 2.94. The minimum Gasteiger partial charge on any atom is -0.322 e.